The maximum absolute atomic E-state index is 11.6. The minimum atomic E-state index is -0.347. The maximum atomic E-state index is 11.6. The number of piperazine rings is 1. The zero-order valence-electron chi connectivity index (χ0n) is 13.0. The van der Waals surface area contributed by atoms with Crippen molar-refractivity contribution in [1.29, 1.82) is 0 Å². The van der Waals surface area contributed by atoms with Crippen LogP contribution in [0.3, 0.4) is 0 Å². The van der Waals surface area contributed by atoms with E-state index in [1.807, 2.05) is 4.40 Å². The number of ether oxygens (including phenoxy) is 1. The molecule has 0 N–H and O–H groups in total. The smallest absolute Gasteiger partial charge is 0.339 e. The van der Waals surface area contributed by atoms with E-state index in [4.69, 9.17) is 4.74 Å². The lowest BCUT2D eigenvalue weighted by Crippen LogP contribution is -2.45. The maximum Gasteiger partial charge on any atom is 0.339 e. The summed E-state index contributed by atoms with van der Waals surface area (Å²) < 4.78 is 6.64. The van der Waals surface area contributed by atoms with Crippen LogP contribution in [0.15, 0.2) is 18.3 Å². The number of carbonyl (C=O) groups excluding carboxylic acids is 1. The molecule has 0 atom stereocenters. The van der Waals surface area contributed by atoms with Gasteiger partial charge in [0.05, 0.1) is 12.7 Å². The molecule has 3 heterocycles. The van der Waals surface area contributed by atoms with Crippen LogP contribution in [-0.4, -0.2) is 77.2 Å². The van der Waals surface area contributed by atoms with E-state index in [2.05, 4.69) is 27.0 Å². The minimum Gasteiger partial charge on any atom is -0.465 e. The molecule has 2 aromatic heterocycles. The van der Waals surface area contributed by atoms with E-state index in [1.54, 1.807) is 18.3 Å². The second-order valence-electron chi connectivity index (χ2n) is 5.65. The first-order valence-electron chi connectivity index (χ1n) is 7.50. The van der Waals surface area contributed by atoms with Gasteiger partial charge in [0.2, 0.25) is 0 Å². The van der Waals surface area contributed by atoms with Gasteiger partial charge in [-0.3, -0.25) is 4.40 Å². The molecule has 0 aromatic carbocycles. The van der Waals surface area contributed by atoms with Crippen molar-refractivity contribution >= 4 is 11.6 Å². The van der Waals surface area contributed by atoms with E-state index in [0.717, 1.165) is 50.6 Å². The lowest BCUT2D eigenvalue weighted by molar-refractivity contribution is 0.0600. The number of hydrogen-bond acceptors (Lipinski definition) is 6. The van der Waals surface area contributed by atoms with Gasteiger partial charge in [-0.25, -0.2) is 4.79 Å². The highest BCUT2D eigenvalue weighted by atomic mass is 16.5. The van der Waals surface area contributed by atoms with E-state index < -0.39 is 0 Å². The van der Waals surface area contributed by atoms with Gasteiger partial charge in [-0.05, 0) is 19.2 Å². The fourth-order valence-electron chi connectivity index (χ4n) is 2.68. The number of aromatic nitrogens is 3. The second-order valence-corrected chi connectivity index (χ2v) is 5.65. The summed E-state index contributed by atoms with van der Waals surface area (Å²) in [6.07, 6.45) is 2.57. The molecule has 0 spiro atoms. The molecule has 1 aliphatic heterocycles. The van der Waals surface area contributed by atoms with E-state index in [-0.39, 0.29) is 5.97 Å². The largest absolute Gasteiger partial charge is 0.465 e. The van der Waals surface area contributed by atoms with Crippen LogP contribution in [0.1, 0.15) is 16.2 Å². The monoisotopic (exact) mass is 303 g/mol. The first-order valence-corrected chi connectivity index (χ1v) is 7.50. The Kier molecular flexibility index (Phi) is 4.35. The van der Waals surface area contributed by atoms with Crippen molar-refractivity contribution in [3.8, 4) is 0 Å². The molecular weight excluding hydrogens is 282 g/mol. The number of pyridine rings is 1. The van der Waals surface area contributed by atoms with Crippen molar-refractivity contribution in [2.75, 3.05) is 46.9 Å². The average Bonchev–Trinajstić information content (AvgIpc) is 2.96. The summed E-state index contributed by atoms with van der Waals surface area (Å²) in [6, 6.07) is 3.50. The van der Waals surface area contributed by atoms with Crippen LogP contribution in [0.4, 0.5) is 0 Å². The normalized spacial score (nSPS) is 17.0. The Bertz CT molecular complexity index is 661. The van der Waals surface area contributed by atoms with Gasteiger partial charge in [0.15, 0.2) is 5.65 Å². The Labute approximate surface area is 129 Å². The first-order chi connectivity index (χ1) is 10.7. The molecule has 2 aromatic rings. The molecule has 0 bridgehead atoms. The number of methoxy groups -OCH3 is 1. The fraction of sp³-hybridized carbons (Fsp3) is 0.533. The van der Waals surface area contributed by atoms with Gasteiger partial charge >= 0.3 is 5.97 Å². The molecular formula is C15H21N5O2. The molecule has 3 rings (SSSR count). The molecule has 0 amide bonds. The number of esters is 1. The van der Waals surface area contributed by atoms with Gasteiger partial charge < -0.3 is 14.5 Å². The zero-order chi connectivity index (χ0) is 15.5. The average molecular weight is 303 g/mol. The molecule has 7 nitrogen and oxygen atoms in total. The Morgan fingerprint density at radius 2 is 2.00 bits per heavy atom. The van der Waals surface area contributed by atoms with Gasteiger partial charge in [0.1, 0.15) is 5.82 Å². The Hall–Kier alpha value is -1.99. The molecule has 0 unspecified atom stereocenters. The summed E-state index contributed by atoms with van der Waals surface area (Å²) in [7, 11) is 3.53. The van der Waals surface area contributed by atoms with E-state index in [0.29, 0.717) is 5.56 Å². The van der Waals surface area contributed by atoms with Gasteiger partial charge in [0.25, 0.3) is 0 Å². The number of likely N-dealkylation sites (N-methyl/N-ethyl adjacent to an activating group) is 1. The summed E-state index contributed by atoms with van der Waals surface area (Å²) >= 11 is 0. The number of fused-ring (bicyclic) bond motifs is 1. The van der Waals surface area contributed by atoms with Gasteiger partial charge in [-0.1, -0.05) is 0 Å². The molecule has 7 heteroatoms. The Balaban J connectivity index is 1.72. The van der Waals surface area contributed by atoms with Crippen molar-refractivity contribution in [1.82, 2.24) is 24.4 Å². The summed E-state index contributed by atoms with van der Waals surface area (Å²) in [5.74, 6) is 0.528. The highest BCUT2D eigenvalue weighted by Crippen LogP contribution is 2.10. The molecule has 1 saturated heterocycles. The van der Waals surface area contributed by atoms with Gasteiger partial charge in [-0.2, -0.15) is 0 Å². The Morgan fingerprint density at radius 1 is 1.23 bits per heavy atom. The lowest BCUT2D eigenvalue weighted by Gasteiger charge is -2.32. The topological polar surface area (TPSA) is 63.0 Å². The van der Waals surface area contributed by atoms with E-state index in [9.17, 15) is 4.79 Å². The molecule has 0 saturated carbocycles. The van der Waals surface area contributed by atoms with Crippen LogP contribution >= 0.6 is 0 Å². The van der Waals surface area contributed by atoms with Crippen LogP contribution in [0.2, 0.25) is 0 Å². The van der Waals surface area contributed by atoms with Crippen LogP contribution in [0.25, 0.3) is 5.65 Å². The predicted octanol–water partition coefficient (Wildman–Crippen LogP) is 0.306. The molecule has 118 valence electrons. The number of rotatable bonds is 4. The van der Waals surface area contributed by atoms with Gasteiger partial charge in [-0.15, -0.1) is 10.2 Å². The highest BCUT2D eigenvalue weighted by molar-refractivity contribution is 5.89. The third-order valence-corrected chi connectivity index (χ3v) is 4.14. The zero-order valence-corrected chi connectivity index (χ0v) is 13.0. The summed E-state index contributed by atoms with van der Waals surface area (Å²) in [5, 5.41) is 8.40. The van der Waals surface area contributed by atoms with E-state index in [1.165, 1.54) is 7.11 Å². The highest BCUT2D eigenvalue weighted by Gasteiger charge is 2.15. The van der Waals surface area contributed by atoms with Crippen molar-refractivity contribution in [2.45, 2.75) is 6.42 Å². The third kappa shape index (κ3) is 3.10. The standard InChI is InChI=1S/C15H21N5O2/c1-18-7-9-19(10-8-18)6-5-14-17-16-13-4-3-12(11-20(13)14)15(21)22-2/h3-4,11H,5-10H2,1-2H3. The third-order valence-electron chi connectivity index (χ3n) is 4.14. The van der Waals surface area contributed by atoms with Gasteiger partial charge in [0, 0.05) is 45.3 Å². The second kappa shape index (κ2) is 6.41. The van der Waals surface area contributed by atoms with Crippen LogP contribution in [0, 0.1) is 0 Å². The minimum absolute atomic E-state index is 0.347. The quantitative estimate of drug-likeness (QED) is 0.757. The van der Waals surface area contributed by atoms with Crippen LogP contribution in [0.5, 0.6) is 0 Å². The fourth-order valence-corrected chi connectivity index (χ4v) is 2.68. The lowest BCUT2D eigenvalue weighted by atomic mass is 10.2. The SMILES string of the molecule is COC(=O)c1ccc2nnc(CCN3CCN(C)CC3)n2c1. The van der Waals surface area contributed by atoms with Crippen molar-refractivity contribution in [3.05, 3.63) is 29.7 Å². The number of carbonyl (C=O) groups is 1. The summed E-state index contributed by atoms with van der Waals surface area (Å²) in [5.41, 5.74) is 1.26. The summed E-state index contributed by atoms with van der Waals surface area (Å²) in [4.78, 5) is 16.4. The Morgan fingerprint density at radius 3 is 2.73 bits per heavy atom. The molecule has 1 fully saturated rings. The van der Waals surface area contributed by atoms with Crippen molar-refractivity contribution in [2.24, 2.45) is 0 Å². The number of hydrogen-bond donors (Lipinski definition) is 0. The van der Waals surface area contributed by atoms with Crippen molar-refractivity contribution < 1.29 is 9.53 Å². The molecule has 22 heavy (non-hydrogen) atoms. The first kappa shape index (κ1) is 14.9. The summed E-state index contributed by atoms with van der Waals surface area (Å²) in [6.45, 7) is 5.33. The van der Waals surface area contributed by atoms with Crippen LogP contribution < -0.4 is 0 Å². The molecule has 0 aliphatic carbocycles. The molecule has 1 aliphatic rings. The van der Waals surface area contributed by atoms with Crippen molar-refractivity contribution in [3.63, 3.8) is 0 Å². The van der Waals surface area contributed by atoms with E-state index >= 15 is 0 Å². The predicted molar refractivity (Wildman–Crippen MR) is 82.0 cm³/mol. The number of nitrogens with zero attached hydrogens (tertiary/aromatic N) is 5. The van der Waals surface area contributed by atoms with Crippen LogP contribution in [-0.2, 0) is 11.2 Å². The molecule has 0 radical (unpaired) electrons.